The van der Waals surface area contributed by atoms with Gasteiger partial charge in [-0.15, -0.1) is 11.3 Å². The molecule has 20 heteroatoms. The highest BCUT2D eigenvalue weighted by atomic mass is 32.1. The van der Waals surface area contributed by atoms with E-state index < -0.39 is 95.1 Å². The summed E-state index contributed by atoms with van der Waals surface area (Å²) in [5, 5.41) is 19.4. The molecule has 18 nitrogen and oxygen atoms in total. The summed E-state index contributed by atoms with van der Waals surface area (Å²) < 4.78 is 55.2. The second kappa shape index (κ2) is 20.3. The zero-order valence-corrected chi connectivity index (χ0v) is 39.6. The number of morpholine rings is 1. The van der Waals surface area contributed by atoms with Crippen LogP contribution in [0.25, 0.3) is 10.6 Å². The van der Waals surface area contributed by atoms with Gasteiger partial charge in [-0.25, -0.2) is 19.2 Å². The number of likely N-dealkylation sites (N-methyl/N-ethyl adjacent to an activating group) is 1. The van der Waals surface area contributed by atoms with E-state index in [1.165, 1.54) is 25.2 Å². The number of oxime groups is 1. The lowest BCUT2D eigenvalue weighted by Crippen LogP contribution is -2.64. The van der Waals surface area contributed by atoms with Gasteiger partial charge in [0.2, 0.25) is 5.91 Å². The first-order chi connectivity index (χ1) is 30.6. The maximum atomic E-state index is 17.1. The average molecular weight is 931 g/mol. The van der Waals surface area contributed by atoms with E-state index in [2.05, 4.69) is 20.1 Å². The number of pyridine rings is 1. The number of fused-ring (bicyclic) bond motifs is 6. The third kappa shape index (κ3) is 11.0. The number of cyclic esters (lactones) is 1. The summed E-state index contributed by atoms with van der Waals surface area (Å²) in [6.07, 6.45) is -4.55. The maximum absolute atomic E-state index is 17.1. The number of hydrogen-bond donors (Lipinski definition) is 2. The zero-order chi connectivity index (χ0) is 47.6. The number of nitrogens with two attached hydrogens (primary N) is 1. The van der Waals surface area contributed by atoms with E-state index in [4.69, 9.17) is 39.0 Å². The highest BCUT2D eigenvalue weighted by Gasteiger charge is 2.57. The number of carbonyl (C=O) groups excluding carboxylic acids is 4. The van der Waals surface area contributed by atoms with Crippen molar-refractivity contribution in [1.29, 1.82) is 0 Å². The molecule has 0 saturated carbocycles. The Morgan fingerprint density at radius 2 is 1.83 bits per heavy atom. The van der Waals surface area contributed by atoms with Crippen molar-refractivity contribution < 1.29 is 61.9 Å². The van der Waals surface area contributed by atoms with Crippen LogP contribution < -0.4 is 5.73 Å². The minimum absolute atomic E-state index is 0.0137. The van der Waals surface area contributed by atoms with E-state index in [0.717, 1.165) is 12.5 Å². The number of aliphatic imine (C=N–C) groups is 1. The minimum atomic E-state index is -3.25. The number of anilines is 1. The number of alkyl halides is 1. The second-order valence-electron chi connectivity index (χ2n) is 18.3. The molecule has 6 rings (SSSR count). The summed E-state index contributed by atoms with van der Waals surface area (Å²) in [6, 6.07) is 3.27. The van der Waals surface area contributed by atoms with Gasteiger partial charge in [-0.2, -0.15) is 0 Å². The Morgan fingerprint density at radius 3 is 2.48 bits per heavy atom. The third-order valence-corrected chi connectivity index (χ3v) is 13.8. The molecule has 65 heavy (non-hydrogen) atoms. The Bertz CT molecular complexity index is 2120. The second-order valence-corrected chi connectivity index (χ2v) is 19.1. The molecular weight excluding hydrogens is 868 g/mol. The number of carbonyl (C=O) groups is 4. The molecular formula is C45H63FN6O12S. The summed E-state index contributed by atoms with van der Waals surface area (Å²) in [7, 11) is 1.79. The number of thiazole rings is 1. The Hall–Kier alpha value is -4.31. The molecule has 6 heterocycles. The van der Waals surface area contributed by atoms with E-state index in [1.54, 1.807) is 52.4 Å². The lowest BCUT2D eigenvalue weighted by atomic mass is 9.73. The van der Waals surface area contributed by atoms with E-state index in [1.807, 2.05) is 24.8 Å². The van der Waals surface area contributed by atoms with Crippen molar-refractivity contribution in [3.8, 4) is 10.6 Å². The number of Topliss-reactive ketones (excluding diaryl/α,β-unsaturated/α-hetero) is 1. The quantitative estimate of drug-likeness (QED) is 0.209. The van der Waals surface area contributed by atoms with Crippen molar-refractivity contribution in [2.75, 3.05) is 32.5 Å². The summed E-state index contributed by atoms with van der Waals surface area (Å²) in [6.45, 7) is 13.4. The molecule has 0 aliphatic carbocycles. The first-order valence-electron chi connectivity index (χ1n) is 22.2. The maximum Gasteiger partial charge on any atom is 0.351 e. The van der Waals surface area contributed by atoms with Crippen LogP contribution in [0.3, 0.4) is 0 Å². The largest absolute Gasteiger partial charge is 0.457 e. The predicted molar refractivity (Wildman–Crippen MR) is 236 cm³/mol. The molecule has 13 atom stereocenters. The van der Waals surface area contributed by atoms with Gasteiger partial charge in [-0.1, -0.05) is 39.8 Å². The first kappa shape index (κ1) is 50.1. The number of aromatic nitrogens is 2. The predicted octanol–water partition coefficient (Wildman–Crippen LogP) is 4.64. The number of amides is 1. The van der Waals surface area contributed by atoms with Gasteiger partial charge >= 0.3 is 11.9 Å². The number of aliphatic hydroxyl groups is 1. The molecule has 0 radical (unpaired) electrons. The molecule has 4 aliphatic heterocycles. The first-order valence-corrected chi connectivity index (χ1v) is 23.1. The molecule has 1 amide bonds. The summed E-state index contributed by atoms with van der Waals surface area (Å²) in [5.41, 5.74) is 0.706. The van der Waals surface area contributed by atoms with Crippen molar-refractivity contribution in [1.82, 2.24) is 14.9 Å². The highest BCUT2D eigenvalue weighted by molar-refractivity contribution is 7.13. The van der Waals surface area contributed by atoms with Gasteiger partial charge in [0.05, 0.1) is 55.4 Å². The number of esters is 2. The number of halogens is 1. The van der Waals surface area contributed by atoms with E-state index in [0.29, 0.717) is 28.7 Å². The van der Waals surface area contributed by atoms with Crippen molar-refractivity contribution in [2.24, 2.45) is 27.9 Å². The van der Waals surface area contributed by atoms with Crippen LogP contribution in [0.5, 0.6) is 0 Å². The molecule has 3 N–H and O–H groups in total. The van der Waals surface area contributed by atoms with Crippen molar-refractivity contribution in [2.45, 2.75) is 154 Å². The fraction of sp³-hybridized carbons (Fsp3) is 0.689. The van der Waals surface area contributed by atoms with Gasteiger partial charge in [-0.3, -0.25) is 24.3 Å². The minimum Gasteiger partial charge on any atom is -0.457 e. The van der Waals surface area contributed by atoms with Gasteiger partial charge in [0.15, 0.2) is 24.8 Å². The van der Waals surface area contributed by atoms with Crippen molar-refractivity contribution >= 4 is 52.2 Å². The molecule has 4 fully saturated rings. The normalized spacial score (nSPS) is 37.9. The number of ether oxygens (including phenoxy) is 6. The molecule has 0 unspecified atom stereocenters. The van der Waals surface area contributed by atoms with Crippen LogP contribution in [0.15, 0.2) is 33.9 Å². The molecule has 358 valence electrons. The topological polar surface area (TPSA) is 233 Å². The summed E-state index contributed by atoms with van der Waals surface area (Å²) in [4.78, 5) is 75.7. The van der Waals surface area contributed by atoms with Crippen LogP contribution >= 0.6 is 11.3 Å². The monoisotopic (exact) mass is 930 g/mol. The number of ketones is 1. The Labute approximate surface area is 382 Å². The van der Waals surface area contributed by atoms with Crippen molar-refractivity contribution in [3.63, 3.8) is 0 Å². The molecule has 4 saturated heterocycles. The number of rotatable bonds is 8. The lowest BCUT2D eigenvalue weighted by molar-refractivity contribution is -0.305. The fourth-order valence-corrected chi connectivity index (χ4v) is 10.1. The van der Waals surface area contributed by atoms with Crippen molar-refractivity contribution in [3.05, 3.63) is 29.4 Å². The smallest absolute Gasteiger partial charge is 0.351 e. The fourth-order valence-electron chi connectivity index (χ4n) is 9.44. The van der Waals surface area contributed by atoms with Crippen LogP contribution in [0, 0.1) is 17.8 Å². The standard InChI is InChI=1S/C45H63FN6O12S/c1-11-31-45(9,57)39-25(5)35(50-33(53)12-2)23(3)16-43(7,59-20-29(19-58-39)51-60-21-28-14-13-27(17-48-28)40-49-32(47)22-65-40)38(26(6)37(55)44(8,46)42(56)62-31)64-41-36-30(15-24(4)61-41)52(10)18-34(54)63-36/h13-14,17,22-26,30-31,36,38-39,41,57H,11-12,15-16,18-21,47H2,1-10H3/b50-35+,51-29+/t23-,24-,25+,26+,30+,31-,36-,38-,39-,41+,43-,44+,45-/m1/s1. The average Bonchev–Trinajstić information content (AvgIpc) is 3.69. The molecule has 2 aromatic rings. The van der Waals surface area contributed by atoms with Crippen LogP contribution in [-0.2, 0) is 59.0 Å². The number of nitrogen functional groups attached to an aromatic ring is 1. The zero-order valence-electron chi connectivity index (χ0n) is 38.8. The number of hydrogen-bond acceptors (Lipinski definition) is 18. The molecule has 2 aromatic heterocycles. The number of nitrogens with zero attached hydrogens (tertiary/aromatic N) is 5. The van der Waals surface area contributed by atoms with Gasteiger partial charge in [0.25, 0.3) is 5.67 Å². The molecule has 0 aromatic carbocycles. The summed E-state index contributed by atoms with van der Waals surface area (Å²) in [5.74, 6) is -6.22. The van der Waals surface area contributed by atoms with E-state index in [-0.39, 0.29) is 57.4 Å². The lowest BCUT2D eigenvalue weighted by Gasteiger charge is -2.49. The Kier molecular flexibility index (Phi) is 15.6. The molecule has 2 bridgehead atoms. The van der Waals surface area contributed by atoms with Crippen LogP contribution in [0.1, 0.15) is 93.7 Å². The van der Waals surface area contributed by atoms with Crippen LogP contribution in [0.2, 0.25) is 0 Å². The van der Waals surface area contributed by atoms with E-state index in [9.17, 15) is 24.3 Å². The molecule has 0 spiro atoms. The van der Waals surface area contributed by atoms with Crippen LogP contribution in [0.4, 0.5) is 10.2 Å². The third-order valence-electron chi connectivity index (χ3n) is 12.9. The van der Waals surface area contributed by atoms with Gasteiger partial charge < -0.3 is 44.1 Å². The van der Waals surface area contributed by atoms with Gasteiger partial charge in [-0.05, 0) is 72.1 Å². The van der Waals surface area contributed by atoms with E-state index >= 15 is 4.39 Å². The Balaban J connectivity index is 1.48. The highest BCUT2D eigenvalue weighted by Crippen LogP contribution is 2.42. The summed E-state index contributed by atoms with van der Waals surface area (Å²) >= 11 is 1.39. The Morgan fingerprint density at radius 1 is 1.09 bits per heavy atom. The van der Waals surface area contributed by atoms with Crippen LogP contribution in [-0.4, -0.2) is 142 Å². The van der Waals surface area contributed by atoms with Gasteiger partial charge in [0.1, 0.15) is 28.2 Å². The molecule has 4 aliphatic rings. The SMILES string of the molecule is CCC(=O)/N=C1\[C@H](C)C[C@@]2(C)OC/C(=N/OCc3ccc(-c4nc(N)cs4)cn3)CO[C@H]([C@H]1C)[C@](C)(O)[C@@H](CC)OC(=O)[C@@](C)(F)C(=O)[C@H](C)[C@H]2O[C@@H]1O[C@H](C)C[C@H]2[C@H]1OC(=O)CN2C. The van der Waals surface area contributed by atoms with Gasteiger partial charge in [0, 0.05) is 41.1 Å².